The second-order valence-electron chi connectivity index (χ2n) is 7.22. The third-order valence-corrected chi connectivity index (χ3v) is 4.98. The lowest BCUT2D eigenvalue weighted by molar-refractivity contribution is -0.122. The topological polar surface area (TPSA) is 74.6 Å². The van der Waals surface area contributed by atoms with E-state index in [1.807, 2.05) is 18.2 Å². The molecule has 144 valence electrons. The molecule has 1 saturated carbocycles. The molecular weight excluding hydrogens is 342 g/mol. The number of carbonyl (C=O) groups is 2. The van der Waals surface area contributed by atoms with Crippen molar-refractivity contribution in [3.05, 3.63) is 60.1 Å². The number of furan rings is 1. The minimum Gasteiger partial charge on any atom is -0.459 e. The van der Waals surface area contributed by atoms with Gasteiger partial charge in [-0.05, 0) is 50.4 Å². The number of rotatable bonds is 9. The van der Waals surface area contributed by atoms with E-state index in [1.165, 1.54) is 24.7 Å². The largest absolute Gasteiger partial charge is 0.459 e. The minimum absolute atomic E-state index is 0.186. The molecule has 1 aliphatic carbocycles. The number of amides is 2. The molecule has 1 aromatic heterocycles. The summed E-state index contributed by atoms with van der Waals surface area (Å²) in [6.07, 6.45) is 3.83. The molecule has 3 rings (SSSR count). The van der Waals surface area contributed by atoms with Crippen LogP contribution in [0.5, 0.6) is 0 Å². The molecule has 1 fully saturated rings. The van der Waals surface area contributed by atoms with E-state index in [1.54, 1.807) is 19.1 Å². The Morgan fingerprint density at radius 1 is 1.19 bits per heavy atom. The lowest BCUT2D eigenvalue weighted by Gasteiger charge is -2.29. The lowest BCUT2D eigenvalue weighted by Crippen LogP contribution is -2.49. The highest BCUT2D eigenvalue weighted by Gasteiger charge is 2.34. The summed E-state index contributed by atoms with van der Waals surface area (Å²) in [6.45, 7) is 3.10. The Morgan fingerprint density at radius 2 is 1.93 bits per heavy atom. The molecule has 6 heteroatoms. The van der Waals surface area contributed by atoms with Crippen LogP contribution in [0.15, 0.2) is 53.1 Å². The summed E-state index contributed by atoms with van der Waals surface area (Å²) in [5.41, 5.74) is 1.26. The van der Waals surface area contributed by atoms with Crippen molar-refractivity contribution in [3.63, 3.8) is 0 Å². The first-order chi connectivity index (χ1) is 13.0. The lowest BCUT2D eigenvalue weighted by atomic mass is 10.1. The fraction of sp³-hybridized carbons (Fsp3) is 0.429. The SMILES string of the molecule is C[C@H](NC(=O)c1ccco1)C(=O)NC[C@H](C1CC1)N(C)Cc1ccccc1. The molecule has 0 bridgehead atoms. The Balaban J connectivity index is 1.49. The Labute approximate surface area is 159 Å². The van der Waals surface area contributed by atoms with E-state index in [0.29, 0.717) is 18.5 Å². The van der Waals surface area contributed by atoms with Crippen molar-refractivity contribution in [1.29, 1.82) is 0 Å². The summed E-state index contributed by atoms with van der Waals surface area (Å²) in [6, 6.07) is 13.2. The monoisotopic (exact) mass is 369 g/mol. The Kier molecular flexibility index (Phi) is 6.29. The van der Waals surface area contributed by atoms with E-state index in [2.05, 4.69) is 34.7 Å². The zero-order valence-electron chi connectivity index (χ0n) is 15.9. The first-order valence-corrected chi connectivity index (χ1v) is 9.41. The van der Waals surface area contributed by atoms with E-state index in [9.17, 15) is 9.59 Å². The molecule has 6 nitrogen and oxygen atoms in total. The number of nitrogens with one attached hydrogen (secondary N) is 2. The molecule has 0 saturated heterocycles. The number of hydrogen-bond donors (Lipinski definition) is 2. The maximum absolute atomic E-state index is 12.4. The highest BCUT2D eigenvalue weighted by atomic mass is 16.3. The molecule has 2 amide bonds. The van der Waals surface area contributed by atoms with Gasteiger partial charge in [-0.25, -0.2) is 0 Å². The van der Waals surface area contributed by atoms with Gasteiger partial charge in [-0.2, -0.15) is 0 Å². The van der Waals surface area contributed by atoms with Gasteiger partial charge in [0, 0.05) is 19.1 Å². The second-order valence-corrected chi connectivity index (χ2v) is 7.22. The van der Waals surface area contributed by atoms with Gasteiger partial charge >= 0.3 is 0 Å². The highest BCUT2D eigenvalue weighted by molar-refractivity contribution is 5.95. The normalized spacial score (nSPS) is 16.0. The smallest absolute Gasteiger partial charge is 0.287 e. The summed E-state index contributed by atoms with van der Waals surface area (Å²) in [4.78, 5) is 26.7. The van der Waals surface area contributed by atoms with Crippen LogP contribution in [-0.4, -0.2) is 42.4 Å². The van der Waals surface area contributed by atoms with Crippen molar-refractivity contribution in [3.8, 4) is 0 Å². The van der Waals surface area contributed by atoms with Gasteiger partial charge in [0.15, 0.2) is 5.76 Å². The summed E-state index contributed by atoms with van der Waals surface area (Å²) in [7, 11) is 2.10. The number of hydrogen-bond acceptors (Lipinski definition) is 4. The first kappa shape index (κ1) is 19.2. The van der Waals surface area contributed by atoms with Crippen LogP contribution in [0.3, 0.4) is 0 Å². The van der Waals surface area contributed by atoms with Gasteiger partial charge in [0.1, 0.15) is 6.04 Å². The van der Waals surface area contributed by atoms with E-state index in [4.69, 9.17) is 4.42 Å². The van der Waals surface area contributed by atoms with Crippen LogP contribution < -0.4 is 10.6 Å². The highest BCUT2D eigenvalue weighted by Crippen LogP contribution is 2.35. The second kappa shape index (κ2) is 8.86. The predicted octanol–water partition coefficient (Wildman–Crippen LogP) is 2.42. The van der Waals surface area contributed by atoms with Crippen LogP contribution >= 0.6 is 0 Å². The first-order valence-electron chi connectivity index (χ1n) is 9.41. The van der Waals surface area contributed by atoms with Gasteiger partial charge in [0.05, 0.1) is 6.26 Å². The summed E-state index contributed by atoms with van der Waals surface area (Å²) in [5.74, 6) is 0.247. The zero-order valence-corrected chi connectivity index (χ0v) is 15.9. The molecule has 1 aromatic carbocycles. The molecule has 0 radical (unpaired) electrons. The Morgan fingerprint density at radius 3 is 2.56 bits per heavy atom. The van der Waals surface area contributed by atoms with Crippen molar-refractivity contribution in [2.45, 2.75) is 38.4 Å². The van der Waals surface area contributed by atoms with Gasteiger partial charge in [-0.15, -0.1) is 0 Å². The van der Waals surface area contributed by atoms with Crippen LogP contribution in [0.25, 0.3) is 0 Å². The van der Waals surface area contributed by atoms with E-state index in [-0.39, 0.29) is 17.6 Å². The molecule has 1 aliphatic rings. The molecule has 27 heavy (non-hydrogen) atoms. The molecule has 2 N–H and O–H groups in total. The third kappa shape index (κ3) is 5.44. The molecule has 1 heterocycles. The maximum Gasteiger partial charge on any atom is 0.287 e. The molecule has 2 aromatic rings. The van der Waals surface area contributed by atoms with Crippen LogP contribution in [-0.2, 0) is 11.3 Å². The maximum atomic E-state index is 12.4. The average Bonchev–Trinajstić information content (AvgIpc) is 3.34. The Bertz CT molecular complexity index is 741. The van der Waals surface area contributed by atoms with Gasteiger partial charge < -0.3 is 15.1 Å². The van der Waals surface area contributed by atoms with Crippen molar-refractivity contribution in [1.82, 2.24) is 15.5 Å². The molecule has 2 atom stereocenters. The minimum atomic E-state index is -0.623. The molecular formula is C21H27N3O3. The third-order valence-electron chi connectivity index (χ3n) is 4.98. The van der Waals surface area contributed by atoms with Gasteiger partial charge in [-0.1, -0.05) is 30.3 Å². The average molecular weight is 369 g/mol. The Hall–Kier alpha value is -2.60. The number of likely N-dealkylation sites (N-methyl/N-ethyl adjacent to an activating group) is 1. The van der Waals surface area contributed by atoms with Crippen molar-refractivity contribution >= 4 is 11.8 Å². The van der Waals surface area contributed by atoms with Gasteiger partial charge in [0.2, 0.25) is 5.91 Å². The number of carbonyl (C=O) groups excluding carboxylic acids is 2. The van der Waals surface area contributed by atoms with Crippen LogP contribution in [0, 0.1) is 5.92 Å². The van der Waals surface area contributed by atoms with Gasteiger partial charge in [0.25, 0.3) is 5.91 Å². The van der Waals surface area contributed by atoms with E-state index in [0.717, 1.165) is 6.54 Å². The van der Waals surface area contributed by atoms with Crippen LogP contribution in [0.1, 0.15) is 35.9 Å². The van der Waals surface area contributed by atoms with Crippen molar-refractivity contribution in [2.75, 3.05) is 13.6 Å². The molecule has 0 spiro atoms. The zero-order chi connectivity index (χ0) is 19.2. The standard InChI is InChI=1S/C21H27N3O3/c1-15(23-21(26)19-9-6-12-27-19)20(25)22-13-18(17-10-11-17)24(2)14-16-7-4-3-5-8-16/h3-9,12,15,17-18H,10-11,13-14H2,1-2H3,(H,22,25)(H,23,26)/t15-,18+/m0/s1. The van der Waals surface area contributed by atoms with Crippen LogP contribution in [0.2, 0.25) is 0 Å². The number of benzene rings is 1. The van der Waals surface area contributed by atoms with Crippen LogP contribution in [0.4, 0.5) is 0 Å². The van der Waals surface area contributed by atoms with Gasteiger partial charge in [-0.3, -0.25) is 14.5 Å². The van der Waals surface area contributed by atoms with Crippen molar-refractivity contribution in [2.24, 2.45) is 5.92 Å². The quantitative estimate of drug-likeness (QED) is 0.712. The van der Waals surface area contributed by atoms with Crippen molar-refractivity contribution < 1.29 is 14.0 Å². The fourth-order valence-electron chi connectivity index (χ4n) is 3.25. The summed E-state index contributed by atoms with van der Waals surface area (Å²) < 4.78 is 5.05. The molecule has 0 aliphatic heterocycles. The molecule has 0 unspecified atom stereocenters. The summed E-state index contributed by atoms with van der Waals surface area (Å²) >= 11 is 0. The van der Waals surface area contributed by atoms with E-state index >= 15 is 0 Å². The fourth-order valence-corrected chi connectivity index (χ4v) is 3.25. The summed E-state index contributed by atoms with van der Waals surface area (Å²) in [5, 5.41) is 5.66. The number of nitrogens with zero attached hydrogens (tertiary/aromatic N) is 1. The predicted molar refractivity (Wildman–Crippen MR) is 103 cm³/mol. The van der Waals surface area contributed by atoms with E-state index < -0.39 is 6.04 Å².